The number of thiophene rings is 1. The van der Waals surface area contributed by atoms with Crippen LogP contribution in [0, 0.1) is 0 Å². The minimum absolute atomic E-state index is 0.125. The van der Waals surface area contributed by atoms with E-state index in [0.29, 0.717) is 0 Å². The molecular weight excluding hydrogens is 270 g/mol. The summed E-state index contributed by atoms with van der Waals surface area (Å²) in [6.07, 6.45) is 0. The first-order valence-corrected chi connectivity index (χ1v) is 6.83. The fourth-order valence-corrected chi connectivity index (χ4v) is 3.37. The van der Waals surface area contributed by atoms with E-state index in [9.17, 15) is 13.2 Å². The Balaban J connectivity index is 2.93. The van der Waals surface area contributed by atoms with Gasteiger partial charge < -0.3 is 15.3 Å². The first-order chi connectivity index (χ1) is 7.90. The van der Waals surface area contributed by atoms with Crippen LogP contribution in [0.15, 0.2) is 15.7 Å². The smallest absolute Gasteiger partial charge is 0.336 e. The molecule has 1 rings (SSSR count). The lowest BCUT2D eigenvalue weighted by atomic mass is 10.4. The van der Waals surface area contributed by atoms with Crippen molar-refractivity contribution >= 4 is 27.3 Å². The van der Waals surface area contributed by atoms with Crippen molar-refractivity contribution in [2.75, 3.05) is 13.2 Å². The van der Waals surface area contributed by atoms with Crippen molar-refractivity contribution in [2.24, 2.45) is 0 Å². The van der Waals surface area contributed by atoms with Crippen molar-refractivity contribution in [3.05, 3.63) is 17.0 Å². The molecule has 1 aromatic rings. The standard InChI is InChI=1S/C8H11NO6S2/c10-2-6(3-11)9-17(14,15)7-1-5(4-16-7)8(12)13/h1,4,6,9-11H,2-3H2,(H,12,13). The number of hydrogen-bond acceptors (Lipinski definition) is 6. The predicted octanol–water partition coefficient (Wildman–Crippen LogP) is -0.922. The van der Waals surface area contributed by atoms with Crippen molar-refractivity contribution in [3.8, 4) is 0 Å². The van der Waals surface area contributed by atoms with Gasteiger partial charge in [0.15, 0.2) is 0 Å². The number of carbonyl (C=O) groups is 1. The number of aliphatic hydroxyl groups excluding tert-OH is 2. The number of sulfonamides is 1. The molecule has 0 unspecified atom stereocenters. The van der Waals surface area contributed by atoms with E-state index in [1.54, 1.807) is 0 Å². The molecule has 17 heavy (non-hydrogen) atoms. The highest BCUT2D eigenvalue weighted by Gasteiger charge is 2.22. The molecule has 0 aliphatic heterocycles. The minimum Gasteiger partial charge on any atom is -0.478 e. The van der Waals surface area contributed by atoms with Gasteiger partial charge in [0.1, 0.15) is 4.21 Å². The molecule has 4 N–H and O–H groups in total. The summed E-state index contributed by atoms with van der Waals surface area (Å²) in [5.41, 5.74) is -0.125. The van der Waals surface area contributed by atoms with Crippen LogP contribution in [-0.4, -0.2) is 49.0 Å². The van der Waals surface area contributed by atoms with Crippen LogP contribution < -0.4 is 4.72 Å². The zero-order chi connectivity index (χ0) is 13.1. The summed E-state index contributed by atoms with van der Waals surface area (Å²) in [4.78, 5) is 10.6. The minimum atomic E-state index is -3.91. The molecule has 0 fully saturated rings. The van der Waals surface area contributed by atoms with Gasteiger partial charge in [-0.05, 0) is 6.07 Å². The SMILES string of the molecule is O=C(O)c1csc(S(=O)(=O)NC(CO)CO)c1. The molecule has 0 amide bonds. The molecule has 9 heteroatoms. The summed E-state index contributed by atoms with van der Waals surface area (Å²) in [6.45, 7) is -1.10. The van der Waals surface area contributed by atoms with E-state index in [1.807, 2.05) is 0 Å². The number of nitrogens with one attached hydrogen (secondary N) is 1. The molecule has 1 aromatic heterocycles. The van der Waals surface area contributed by atoms with Gasteiger partial charge >= 0.3 is 5.97 Å². The zero-order valence-electron chi connectivity index (χ0n) is 8.53. The molecule has 0 spiro atoms. The fraction of sp³-hybridized carbons (Fsp3) is 0.375. The lowest BCUT2D eigenvalue weighted by Gasteiger charge is -2.12. The third kappa shape index (κ3) is 3.48. The van der Waals surface area contributed by atoms with Crippen LogP contribution in [-0.2, 0) is 10.0 Å². The van der Waals surface area contributed by atoms with Crippen LogP contribution in [0.25, 0.3) is 0 Å². The Labute approximate surface area is 101 Å². The average Bonchev–Trinajstić information content (AvgIpc) is 2.75. The largest absolute Gasteiger partial charge is 0.478 e. The van der Waals surface area contributed by atoms with Gasteiger partial charge in [-0.25, -0.2) is 17.9 Å². The highest BCUT2D eigenvalue weighted by Crippen LogP contribution is 2.20. The second-order valence-corrected chi connectivity index (χ2v) is 5.99. The molecule has 0 radical (unpaired) electrons. The van der Waals surface area contributed by atoms with Gasteiger partial charge in [0.25, 0.3) is 0 Å². The predicted molar refractivity (Wildman–Crippen MR) is 59.6 cm³/mol. The second-order valence-electron chi connectivity index (χ2n) is 3.14. The lowest BCUT2D eigenvalue weighted by molar-refractivity contribution is 0.0697. The van der Waals surface area contributed by atoms with Gasteiger partial charge in [0, 0.05) is 5.38 Å². The average molecular weight is 281 g/mol. The van der Waals surface area contributed by atoms with Crippen LogP contribution in [0.1, 0.15) is 10.4 Å². The number of carboxylic acids is 1. The van der Waals surface area contributed by atoms with E-state index in [2.05, 4.69) is 4.72 Å². The van der Waals surface area contributed by atoms with E-state index in [-0.39, 0.29) is 9.77 Å². The molecule has 0 aliphatic carbocycles. The summed E-state index contributed by atoms with van der Waals surface area (Å²) in [5.74, 6) is -1.22. The Morgan fingerprint density at radius 1 is 1.41 bits per heavy atom. The van der Waals surface area contributed by atoms with Gasteiger partial charge in [-0.1, -0.05) is 0 Å². The Morgan fingerprint density at radius 3 is 2.41 bits per heavy atom. The Morgan fingerprint density at radius 2 is 2.00 bits per heavy atom. The highest BCUT2D eigenvalue weighted by atomic mass is 32.2. The van der Waals surface area contributed by atoms with Crippen LogP contribution in [0.3, 0.4) is 0 Å². The van der Waals surface area contributed by atoms with Crippen molar-refractivity contribution in [3.63, 3.8) is 0 Å². The second kappa shape index (κ2) is 5.56. The Kier molecular flexibility index (Phi) is 4.60. The van der Waals surface area contributed by atoms with E-state index < -0.39 is 35.2 Å². The quantitative estimate of drug-likeness (QED) is 0.534. The summed E-state index contributed by atoms with van der Waals surface area (Å²) in [5, 5.41) is 27.4. The Hall–Kier alpha value is -1.00. The zero-order valence-corrected chi connectivity index (χ0v) is 10.2. The van der Waals surface area contributed by atoms with Crippen LogP contribution >= 0.6 is 11.3 Å². The van der Waals surface area contributed by atoms with Crippen molar-refractivity contribution in [1.82, 2.24) is 4.72 Å². The van der Waals surface area contributed by atoms with Gasteiger partial charge in [-0.3, -0.25) is 0 Å². The third-order valence-corrected chi connectivity index (χ3v) is 4.81. The maximum absolute atomic E-state index is 11.7. The van der Waals surface area contributed by atoms with Gasteiger partial charge in [-0.15, -0.1) is 11.3 Å². The number of carboxylic acid groups (broad SMARTS) is 1. The summed E-state index contributed by atoms with van der Waals surface area (Å²) in [6, 6.07) is 0.0107. The molecule has 96 valence electrons. The van der Waals surface area contributed by atoms with Crippen molar-refractivity contribution in [1.29, 1.82) is 0 Å². The van der Waals surface area contributed by atoms with Crippen molar-refractivity contribution < 1.29 is 28.5 Å². The number of aliphatic hydroxyl groups is 2. The number of hydrogen-bond donors (Lipinski definition) is 4. The maximum Gasteiger partial charge on any atom is 0.336 e. The topological polar surface area (TPSA) is 124 Å². The molecule has 0 aromatic carbocycles. The molecule has 0 saturated heterocycles. The van der Waals surface area contributed by atoms with Gasteiger partial charge in [-0.2, -0.15) is 0 Å². The normalized spacial score (nSPS) is 11.9. The van der Waals surface area contributed by atoms with E-state index >= 15 is 0 Å². The number of aromatic carboxylic acids is 1. The molecule has 0 aliphatic rings. The number of rotatable bonds is 6. The first kappa shape index (κ1) is 14.1. The third-order valence-electron chi connectivity index (χ3n) is 1.85. The van der Waals surface area contributed by atoms with Crippen LogP contribution in [0.2, 0.25) is 0 Å². The first-order valence-electron chi connectivity index (χ1n) is 4.46. The lowest BCUT2D eigenvalue weighted by Crippen LogP contribution is -2.39. The van der Waals surface area contributed by atoms with Gasteiger partial charge in [0.2, 0.25) is 10.0 Å². The van der Waals surface area contributed by atoms with E-state index in [1.165, 1.54) is 5.38 Å². The molecule has 1 heterocycles. The molecule has 0 saturated carbocycles. The van der Waals surface area contributed by atoms with E-state index in [4.69, 9.17) is 15.3 Å². The highest BCUT2D eigenvalue weighted by molar-refractivity contribution is 7.91. The molecule has 0 bridgehead atoms. The summed E-state index contributed by atoms with van der Waals surface area (Å²) >= 11 is 0.753. The summed E-state index contributed by atoms with van der Waals surface area (Å²) in [7, 11) is -3.91. The fourth-order valence-electron chi connectivity index (χ4n) is 0.979. The molecular formula is C8H11NO6S2. The Bertz CT molecular complexity index is 490. The molecule has 7 nitrogen and oxygen atoms in total. The summed E-state index contributed by atoms with van der Waals surface area (Å²) < 4.78 is 25.2. The van der Waals surface area contributed by atoms with Crippen molar-refractivity contribution in [2.45, 2.75) is 10.3 Å². The van der Waals surface area contributed by atoms with Crippen LogP contribution in [0.4, 0.5) is 0 Å². The van der Waals surface area contributed by atoms with Gasteiger partial charge in [0.05, 0.1) is 24.8 Å². The maximum atomic E-state index is 11.7. The van der Waals surface area contributed by atoms with E-state index in [0.717, 1.165) is 17.4 Å². The van der Waals surface area contributed by atoms with Crippen LogP contribution in [0.5, 0.6) is 0 Å². The monoisotopic (exact) mass is 281 g/mol. The molecule has 0 atom stereocenters.